The number of nitrogens with one attached hydrogen (secondary N) is 2. The molecule has 0 saturated carbocycles. The van der Waals surface area contributed by atoms with Crippen LogP contribution in [0.25, 0.3) is 0 Å². The van der Waals surface area contributed by atoms with Crippen LogP contribution in [-0.4, -0.2) is 14.9 Å². The van der Waals surface area contributed by atoms with Crippen LogP contribution in [0.2, 0.25) is 0 Å². The monoisotopic (exact) mass is 430 g/mol. The van der Waals surface area contributed by atoms with Gasteiger partial charge in [0.1, 0.15) is 5.75 Å². The van der Waals surface area contributed by atoms with E-state index >= 15 is 0 Å². The number of thiocarbonyl (C=S) groups is 1. The van der Waals surface area contributed by atoms with E-state index in [0.29, 0.717) is 11.8 Å². The second-order valence-corrected chi connectivity index (χ2v) is 7.05. The van der Waals surface area contributed by atoms with Crippen molar-refractivity contribution in [3.63, 3.8) is 0 Å². The number of halogens is 1. The van der Waals surface area contributed by atoms with Gasteiger partial charge in [0.05, 0.1) is 24.1 Å². The molecule has 1 aromatic heterocycles. The highest BCUT2D eigenvalue weighted by Gasteiger charge is 2.07. The number of hydrogen-bond donors (Lipinski definition) is 2. The fraction of sp³-hybridized carbons (Fsp3) is 0.158. The molecule has 1 unspecified atom stereocenters. The normalized spacial score (nSPS) is 11.6. The molecular weight excluding hydrogens is 412 g/mol. The summed E-state index contributed by atoms with van der Waals surface area (Å²) in [5, 5.41) is 11.2. The molecule has 26 heavy (non-hydrogen) atoms. The Morgan fingerprint density at radius 1 is 1.19 bits per heavy atom. The summed E-state index contributed by atoms with van der Waals surface area (Å²) in [6, 6.07) is 17.9. The molecule has 0 radical (unpaired) electrons. The van der Waals surface area contributed by atoms with Gasteiger partial charge in [-0.3, -0.25) is 0 Å². The molecule has 0 aliphatic rings. The molecule has 7 heteroatoms. The number of nitrogens with zero attached hydrogens (tertiary/aromatic N) is 2. The second kappa shape index (κ2) is 8.82. The molecule has 134 valence electrons. The van der Waals surface area contributed by atoms with Crippen molar-refractivity contribution in [2.45, 2.75) is 19.7 Å². The fourth-order valence-electron chi connectivity index (χ4n) is 2.36. The number of rotatable bonds is 6. The molecule has 5 nitrogen and oxygen atoms in total. The lowest BCUT2D eigenvalue weighted by Crippen LogP contribution is -2.30. The van der Waals surface area contributed by atoms with Gasteiger partial charge in [-0.15, -0.1) is 0 Å². The van der Waals surface area contributed by atoms with Crippen molar-refractivity contribution in [1.82, 2.24) is 15.1 Å². The van der Waals surface area contributed by atoms with Gasteiger partial charge in [-0.25, -0.2) is 4.68 Å². The first-order valence-electron chi connectivity index (χ1n) is 8.13. The molecular formula is C19H19BrN4OS. The maximum absolute atomic E-state index is 5.69. The van der Waals surface area contributed by atoms with E-state index in [9.17, 15) is 0 Å². The molecule has 3 rings (SSSR count). The van der Waals surface area contributed by atoms with E-state index in [4.69, 9.17) is 17.0 Å². The standard InChI is InChI=1S/C19H19BrN4OS/c1-14(15-5-3-2-4-6-15)22-19(26)23-17-11-21-24(12-17)13-25-18-9-7-16(20)8-10-18/h2-12,14H,13H2,1H3,(H2,22,23,26). The summed E-state index contributed by atoms with van der Waals surface area (Å²) < 4.78 is 8.41. The summed E-state index contributed by atoms with van der Waals surface area (Å²) in [6.07, 6.45) is 3.56. The van der Waals surface area contributed by atoms with Gasteiger partial charge in [0, 0.05) is 4.47 Å². The molecule has 1 atom stereocenters. The molecule has 1 heterocycles. The summed E-state index contributed by atoms with van der Waals surface area (Å²) in [5.41, 5.74) is 1.98. The summed E-state index contributed by atoms with van der Waals surface area (Å²) >= 11 is 8.78. The average molecular weight is 431 g/mol. The zero-order valence-corrected chi connectivity index (χ0v) is 16.6. The molecule has 3 aromatic rings. The van der Waals surface area contributed by atoms with Crippen LogP contribution in [0.5, 0.6) is 5.75 Å². The first-order chi connectivity index (χ1) is 12.6. The third-order valence-corrected chi connectivity index (χ3v) is 4.46. The Hall–Kier alpha value is -2.38. The average Bonchev–Trinajstić information content (AvgIpc) is 3.09. The first kappa shape index (κ1) is 18.4. The summed E-state index contributed by atoms with van der Waals surface area (Å²) in [4.78, 5) is 0. The van der Waals surface area contributed by atoms with Gasteiger partial charge in [0.2, 0.25) is 0 Å². The van der Waals surface area contributed by atoms with Gasteiger partial charge in [-0.05, 0) is 49.0 Å². The first-order valence-corrected chi connectivity index (χ1v) is 9.33. The number of anilines is 1. The fourth-order valence-corrected chi connectivity index (χ4v) is 2.92. The minimum atomic E-state index is 0.118. The van der Waals surface area contributed by atoms with Crippen molar-refractivity contribution < 1.29 is 4.74 Å². The highest BCUT2D eigenvalue weighted by atomic mass is 79.9. The largest absolute Gasteiger partial charge is 0.471 e. The van der Waals surface area contributed by atoms with Gasteiger partial charge < -0.3 is 15.4 Å². The minimum Gasteiger partial charge on any atom is -0.471 e. The van der Waals surface area contributed by atoms with E-state index in [1.807, 2.05) is 48.7 Å². The van der Waals surface area contributed by atoms with Gasteiger partial charge in [0.15, 0.2) is 11.8 Å². The zero-order valence-electron chi connectivity index (χ0n) is 14.2. The highest BCUT2D eigenvalue weighted by Crippen LogP contribution is 2.17. The highest BCUT2D eigenvalue weighted by molar-refractivity contribution is 9.10. The molecule has 0 bridgehead atoms. The molecule has 0 aliphatic heterocycles. The SMILES string of the molecule is CC(NC(=S)Nc1cnn(COc2ccc(Br)cc2)c1)c1ccccc1. The second-order valence-electron chi connectivity index (χ2n) is 5.73. The minimum absolute atomic E-state index is 0.118. The Bertz CT molecular complexity index is 851. The number of ether oxygens (including phenoxy) is 1. The number of hydrogen-bond acceptors (Lipinski definition) is 3. The number of benzene rings is 2. The molecule has 0 aliphatic carbocycles. The molecule has 2 aromatic carbocycles. The third-order valence-electron chi connectivity index (χ3n) is 3.72. The van der Waals surface area contributed by atoms with Crippen molar-refractivity contribution >= 4 is 38.9 Å². The Balaban J connectivity index is 1.49. The van der Waals surface area contributed by atoms with Crippen molar-refractivity contribution in [3.8, 4) is 5.75 Å². The Morgan fingerprint density at radius 3 is 2.65 bits per heavy atom. The molecule has 0 saturated heterocycles. The maximum atomic E-state index is 5.69. The van der Waals surface area contributed by atoms with Crippen LogP contribution in [0.15, 0.2) is 71.5 Å². The van der Waals surface area contributed by atoms with Gasteiger partial charge in [-0.2, -0.15) is 5.10 Å². The summed E-state index contributed by atoms with van der Waals surface area (Å²) in [5.74, 6) is 0.784. The maximum Gasteiger partial charge on any atom is 0.180 e. The lowest BCUT2D eigenvalue weighted by Gasteiger charge is -2.16. The lowest BCUT2D eigenvalue weighted by molar-refractivity contribution is 0.221. The van der Waals surface area contributed by atoms with Crippen LogP contribution in [0.4, 0.5) is 5.69 Å². The van der Waals surface area contributed by atoms with Gasteiger partial charge >= 0.3 is 0 Å². The Kier molecular flexibility index (Phi) is 6.25. The van der Waals surface area contributed by atoms with Gasteiger partial charge in [-0.1, -0.05) is 46.3 Å². The van der Waals surface area contributed by atoms with Crippen LogP contribution in [0, 0.1) is 0 Å². The van der Waals surface area contributed by atoms with Crippen LogP contribution in [-0.2, 0) is 6.73 Å². The topological polar surface area (TPSA) is 51.1 Å². The predicted octanol–water partition coefficient (Wildman–Crippen LogP) is 4.73. The summed E-state index contributed by atoms with van der Waals surface area (Å²) in [6.45, 7) is 2.39. The zero-order chi connectivity index (χ0) is 18.4. The van der Waals surface area contributed by atoms with E-state index < -0.39 is 0 Å². The lowest BCUT2D eigenvalue weighted by atomic mass is 10.1. The van der Waals surface area contributed by atoms with E-state index in [1.165, 1.54) is 5.56 Å². The molecule has 0 fully saturated rings. The van der Waals surface area contributed by atoms with E-state index in [-0.39, 0.29) is 6.04 Å². The quantitative estimate of drug-likeness (QED) is 0.553. The Labute approximate surface area is 166 Å². The van der Waals surface area contributed by atoms with Crippen molar-refractivity contribution in [2.24, 2.45) is 0 Å². The molecule has 0 spiro atoms. The summed E-state index contributed by atoms with van der Waals surface area (Å²) in [7, 11) is 0. The van der Waals surface area contributed by atoms with Crippen molar-refractivity contribution in [2.75, 3.05) is 5.32 Å². The predicted molar refractivity (Wildman–Crippen MR) is 111 cm³/mol. The Morgan fingerprint density at radius 2 is 1.92 bits per heavy atom. The molecule has 2 N–H and O–H groups in total. The van der Waals surface area contributed by atoms with Crippen molar-refractivity contribution in [3.05, 3.63) is 77.0 Å². The van der Waals surface area contributed by atoms with Gasteiger partial charge in [0.25, 0.3) is 0 Å². The van der Waals surface area contributed by atoms with Crippen LogP contribution < -0.4 is 15.4 Å². The van der Waals surface area contributed by atoms with E-state index in [2.05, 4.69) is 50.7 Å². The smallest absolute Gasteiger partial charge is 0.180 e. The van der Waals surface area contributed by atoms with Crippen molar-refractivity contribution in [1.29, 1.82) is 0 Å². The van der Waals surface area contributed by atoms with Crippen LogP contribution in [0.3, 0.4) is 0 Å². The molecule has 0 amide bonds. The van der Waals surface area contributed by atoms with E-state index in [0.717, 1.165) is 15.9 Å². The number of aromatic nitrogens is 2. The van der Waals surface area contributed by atoms with Crippen LogP contribution >= 0.6 is 28.1 Å². The van der Waals surface area contributed by atoms with E-state index in [1.54, 1.807) is 10.9 Å². The van der Waals surface area contributed by atoms with Crippen LogP contribution in [0.1, 0.15) is 18.5 Å². The third kappa shape index (κ3) is 5.31.